The van der Waals surface area contributed by atoms with Crippen LogP contribution in [-0.4, -0.2) is 37.6 Å². The Bertz CT molecular complexity index is 481. The first-order valence-electron chi connectivity index (χ1n) is 6.70. The van der Waals surface area contributed by atoms with Crippen molar-refractivity contribution in [3.63, 3.8) is 0 Å². The normalized spacial score (nSPS) is 20.9. The molecule has 1 unspecified atom stereocenters. The zero-order valence-electron chi connectivity index (χ0n) is 11.6. The number of anilines is 1. The minimum atomic E-state index is 0.320. The summed E-state index contributed by atoms with van der Waals surface area (Å²) in [4.78, 5) is 4.71. The summed E-state index contributed by atoms with van der Waals surface area (Å²) in [6.07, 6.45) is 1.73. The van der Waals surface area contributed by atoms with Gasteiger partial charge in [0.1, 0.15) is 0 Å². The lowest BCUT2D eigenvalue weighted by molar-refractivity contribution is 0.264. The molecule has 0 spiro atoms. The first-order chi connectivity index (χ1) is 9.11. The zero-order chi connectivity index (χ0) is 13.8. The molecule has 0 aliphatic carbocycles. The molecule has 1 heterocycles. The van der Waals surface area contributed by atoms with Crippen molar-refractivity contribution in [3.05, 3.63) is 28.2 Å². The van der Waals surface area contributed by atoms with Gasteiger partial charge in [-0.25, -0.2) is 0 Å². The first kappa shape index (κ1) is 14.4. The van der Waals surface area contributed by atoms with Crippen LogP contribution >= 0.6 is 15.9 Å². The summed E-state index contributed by atoms with van der Waals surface area (Å²) in [5.74, 6) is 0. The Balaban J connectivity index is 2.21. The van der Waals surface area contributed by atoms with Crippen molar-refractivity contribution < 1.29 is 0 Å². The van der Waals surface area contributed by atoms with Gasteiger partial charge >= 0.3 is 0 Å². The van der Waals surface area contributed by atoms with Gasteiger partial charge < -0.3 is 9.80 Å². The van der Waals surface area contributed by atoms with Crippen LogP contribution in [0.1, 0.15) is 18.4 Å². The van der Waals surface area contributed by atoms with E-state index in [1.54, 1.807) is 0 Å². The van der Waals surface area contributed by atoms with E-state index >= 15 is 0 Å². The van der Waals surface area contributed by atoms with E-state index in [1.165, 1.54) is 11.3 Å². The van der Waals surface area contributed by atoms with E-state index in [0.717, 1.165) is 30.5 Å². The molecule has 3 nitrogen and oxygen atoms in total. The Morgan fingerprint density at radius 3 is 2.89 bits per heavy atom. The Morgan fingerprint density at radius 1 is 1.42 bits per heavy atom. The van der Waals surface area contributed by atoms with Gasteiger partial charge in [-0.15, -0.1) is 0 Å². The number of benzene rings is 1. The van der Waals surface area contributed by atoms with Gasteiger partial charge in [-0.1, -0.05) is 6.07 Å². The van der Waals surface area contributed by atoms with E-state index in [2.05, 4.69) is 64.0 Å². The molecule has 19 heavy (non-hydrogen) atoms. The molecule has 1 aromatic carbocycles. The average Bonchev–Trinajstić information content (AvgIpc) is 2.53. The molecule has 1 saturated heterocycles. The monoisotopic (exact) mass is 321 g/mol. The largest absolute Gasteiger partial charge is 0.369 e. The summed E-state index contributed by atoms with van der Waals surface area (Å²) >= 11 is 3.66. The lowest BCUT2D eigenvalue weighted by atomic mass is 10.1. The Kier molecular flexibility index (Phi) is 4.84. The lowest BCUT2D eigenvalue weighted by Crippen LogP contribution is -2.38. The van der Waals surface area contributed by atoms with Gasteiger partial charge in [-0.05, 0) is 60.6 Å². The van der Waals surface area contributed by atoms with Crippen molar-refractivity contribution in [2.75, 3.05) is 31.6 Å². The summed E-state index contributed by atoms with van der Waals surface area (Å²) < 4.78 is 1.15. The van der Waals surface area contributed by atoms with E-state index in [9.17, 15) is 0 Å². The van der Waals surface area contributed by atoms with Crippen molar-refractivity contribution in [2.24, 2.45) is 0 Å². The molecular formula is C15H20BrN3. The second kappa shape index (κ2) is 6.40. The second-order valence-corrected chi connectivity index (χ2v) is 6.11. The number of hydrogen-bond donors (Lipinski definition) is 0. The van der Waals surface area contributed by atoms with Crippen LogP contribution < -0.4 is 4.90 Å². The highest BCUT2D eigenvalue weighted by Crippen LogP contribution is 2.29. The number of aryl methyl sites for hydroxylation is 1. The third kappa shape index (κ3) is 3.49. The minimum absolute atomic E-state index is 0.320. The van der Waals surface area contributed by atoms with Crippen LogP contribution in [0.4, 0.5) is 5.69 Å². The average molecular weight is 322 g/mol. The molecule has 1 aliphatic rings. The standard InChI is InChI=1S/C15H20BrN3/c1-12-4-5-15(14(16)10-12)19-9-3-8-18(2)13(11-19)6-7-17/h4-5,10,13H,3,6,8-9,11H2,1-2H3. The Labute approximate surface area is 123 Å². The van der Waals surface area contributed by atoms with E-state index in [1.807, 2.05) is 0 Å². The third-order valence-corrected chi connectivity index (χ3v) is 4.40. The van der Waals surface area contributed by atoms with Crippen molar-refractivity contribution in [1.82, 2.24) is 4.90 Å². The molecule has 2 rings (SSSR count). The van der Waals surface area contributed by atoms with Crippen molar-refractivity contribution in [1.29, 1.82) is 5.26 Å². The molecule has 1 aliphatic heterocycles. The predicted octanol–water partition coefficient (Wildman–Crippen LogP) is 3.18. The smallest absolute Gasteiger partial charge is 0.0638 e. The summed E-state index contributed by atoms with van der Waals surface area (Å²) in [6.45, 7) is 5.13. The van der Waals surface area contributed by atoms with Crippen LogP contribution in [0, 0.1) is 18.3 Å². The molecule has 102 valence electrons. The maximum absolute atomic E-state index is 8.97. The van der Waals surface area contributed by atoms with E-state index in [4.69, 9.17) is 5.26 Å². The summed E-state index contributed by atoms with van der Waals surface area (Å²) in [7, 11) is 2.12. The van der Waals surface area contributed by atoms with Gasteiger partial charge in [0.05, 0.1) is 18.2 Å². The van der Waals surface area contributed by atoms with Crippen LogP contribution in [0.15, 0.2) is 22.7 Å². The van der Waals surface area contributed by atoms with Crippen molar-refractivity contribution in [3.8, 4) is 6.07 Å². The first-order valence-corrected chi connectivity index (χ1v) is 7.49. The summed E-state index contributed by atoms with van der Waals surface area (Å²) in [6, 6.07) is 9.11. The number of likely N-dealkylation sites (N-methyl/N-ethyl adjacent to an activating group) is 1. The highest BCUT2D eigenvalue weighted by Gasteiger charge is 2.23. The predicted molar refractivity (Wildman–Crippen MR) is 82.4 cm³/mol. The van der Waals surface area contributed by atoms with Crippen LogP contribution in [0.5, 0.6) is 0 Å². The van der Waals surface area contributed by atoms with E-state index < -0.39 is 0 Å². The molecule has 0 saturated carbocycles. The molecule has 4 heteroatoms. The topological polar surface area (TPSA) is 30.3 Å². The maximum atomic E-state index is 8.97. The Morgan fingerprint density at radius 2 is 2.21 bits per heavy atom. The van der Waals surface area contributed by atoms with Gasteiger partial charge in [-0.2, -0.15) is 5.26 Å². The molecule has 1 atom stereocenters. The fourth-order valence-electron chi connectivity index (χ4n) is 2.59. The highest BCUT2D eigenvalue weighted by atomic mass is 79.9. The number of hydrogen-bond acceptors (Lipinski definition) is 3. The molecule has 1 fully saturated rings. The van der Waals surface area contributed by atoms with Gasteiger partial charge in [0.2, 0.25) is 0 Å². The number of rotatable bonds is 2. The Hall–Kier alpha value is -1.05. The van der Waals surface area contributed by atoms with Crippen LogP contribution in [-0.2, 0) is 0 Å². The molecule has 1 aromatic rings. The fraction of sp³-hybridized carbons (Fsp3) is 0.533. The van der Waals surface area contributed by atoms with E-state index in [0.29, 0.717) is 12.5 Å². The third-order valence-electron chi connectivity index (χ3n) is 3.76. The van der Waals surface area contributed by atoms with Crippen LogP contribution in [0.3, 0.4) is 0 Å². The highest BCUT2D eigenvalue weighted by molar-refractivity contribution is 9.10. The number of nitriles is 1. The van der Waals surface area contributed by atoms with Gasteiger partial charge in [0.15, 0.2) is 0 Å². The van der Waals surface area contributed by atoms with E-state index in [-0.39, 0.29) is 0 Å². The summed E-state index contributed by atoms with van der Waals surface area (Å²) in [5, 5.41) is 8.97. The van der Waals surface area contributed by atoms with Crippen LogP contribution in [0.2, 0.25) is 0 Å². The van der Waals surface area contributed by atoms with Crippen molar-refractivity contribution in [2.45, 2.75) is 25.8 Å². The summed E-state index contributed by atoms with van der Waals surface area (Å²) in [5.41, 5.74) is 2.50. The minimum Gasteiger partial charge on any atom is -0.369 e. The second-order valence-electron chi connectivity index (χ2n) is 5.25. The lowest BCUT2D eigenvalue weighted by Gasteiger charge is -2.29. The molecule has 0 bridgehead atoms. The molecule has 0 N–H and O–H groups in total. The van der Waals surface area contributed by atoms with Crippen LogP contribution in [0.25, 0.3) is 0 Å². The molecular weight excluding hydrogens is 302 g/mol. The fourth-order valence-corrected chi connectivity index (χ4v) is 3.34. The number of halogens is 1. The SMILES string of the molecule is Cc1ccc(N2CCCN(C)C(CC#N)C2)c(Br)c1. The quantitative estimate of drug-likeness (QED) is 0.838. The number of nitrogens with zero attached hydrogens (tertiary/aromatic N) is 3. The maximum Gasteiger partial charge on any atom is 0.0638 e. The zero-order valence-corrected chi connectivity index (χ0v) is 13.2. The molecule has 0 radical (unpaired) electrons. The molecule has 0 aromatic heterocycles. The molecule has 0 amide bonds. The van der Waals surface area contributed by atoms with Gasteiger partial charge in [0, 0.05) is 23.6 Å². The van der Waals surface area contributed by atoms with Crippen molar-refractivity contribution >= 4 is 21.6 Å². The van der Waals surface area contributed by atoms with Gasteiger partial charge in [0.25, 0.3) is 0 Å². The van der Waals surface area contributed by atoms with Gasteiger partial charge in [-0.3, -0.25) is 0 Å².